The largest absolute Gasteiger partial charge is 0.497 e. The van der Waals surface area contributed by atoms with Crippen molar-refractivity contribution in [3.63, 3.8) is 0 Å². The fraction of sp³-hybridized carbons (Fsp3) is 0.250. The van der Waals surface area contributed by atoms with Crippen LogP contribution < -0.4 is 4.74 Å². The molecule has 1 aliphatic heterocycles. The lowest BCUT2D eigenvalue weighted by Crippen LogP contribution is -2.24. The number of carbonyl (C=O) groups excluding carboxylic acids is 1. The van der Waals surface area contributed by atoms with Gasteiger partial charge in [0, 0.05) is 13.3 Å². The van der Waals surface area contributed by atoms with E-state index in [4.69, 9.17) is 4.74 Å². The second kappa shape index (κ2) is 5.69. The van der Waals surface area contributed by atoms with Crippen molar-refractivity contribution in [3.05, 3.63) is 52.2 Å². The van der Waals surface area contributed by atoms with Crippen LogP contribution in [0.1, 0.15) is 29.8 Å². The topological polar surface area (TPSA) is 41.9 Å². The minimum absolute atomic E-state index is 0.0366. The number of amides is 1. The van der Waals surface area contributed by atoms with E-state index in [-0.39, 0.29) is 11.9 Å². The van der Waals surface area contributed by atoms with Gasteiger partial charge in [0.05, 0.1) is 23.7 Å². The van der Waals surface area contributed by atoms with Gasteiger partial charge in [-0.15, -0.1) is 11.3 Å². The lowest BCUT2D eigenvalue weighted by atomic mass is 10.0. The second-order valence-corrected chi connectivity index (χ2v) is 5.83. The summed E-state index contributed by atoms with van der Waals surface area (Å²) in [7, 11) is 1.64. The predicted molar refractivity (Wildman–Crippen MR) is 83.7 cm³/mol. The molecule has 0 spiro atoms. The number of nitrogens with zero attached hydrogens (tertiary/aromatic N) is 2. The third-order valence-corrected chi connectivity index (χ3v) is 4.46. The summed E-state index contributed by atoms with van der Waals surface area (Å²) in [6.07, 6.45) is 0.742. The summed E-state index contributed by atoms with van der Waals surface area (Å²) in [5.41, 5.74) is 2.04. The average Bonchev–Trinajstić information content (AvgIpc) is 3.16. The van der Waals surface area contributed by atoms with E-state index in [0.29, 0.717) is 0 Å². The molecule has 1 atom stereocenters. The van der Waals surface area contributed by atoms with Crippen LogP contribution in [0.4, 0.5) is 0 Å². The van der Waals surface area contributed by atoms with E-state index in [9.17, 15) is 4.79 Å². The van der Waals surface area contributed by atoms with Crippen molar-refractivity contribution < 1.29 is 9.53 Å². The highest BCUT2D eigenvalue weighted by Crippen LogP contribution is 2.34. The van der Waals surface area contributed by atoms with Gasteiger partial charge in [-0.3, -0.25) is 4.79 Å². The third kappa shape index (κ3) is 2.69. The SMILES string of the molecule is COc1ccc(C2CC(c3cccs3)=NN2C(C)=O)cc1. The van der Waals surface area contributed by atoms with Crippen LogP contribution in [0.15, 0.2) is 46.9 Å². The summed E-state index contributed by atoms with van der Waals surface area (Å²) < 4.78 is 5.18. The zero-order valence-corrected chi connectivity index (χ0v) is 12.8. The monoisotopic (exact) mass is 300 g/mol. The van der Waals surface area contributed by atoms with Crippen molar-refractivity contribution in [3.8, 4) is 5.75 Å². The molecule has 0 saturated carbocycles. The Morgan fingerprint density at radius 2 is 2.10 bits per heavy atom. The molecule has 108 valence electrons. The van der Waals surface area contributed by atoms with Crippen LogP contribution in [0.2, 0.25) is 0 Å². The Kier molecular flexibility index (Phi) is 3.75. The maximum absolute atomic E-state index is 11.9. The van der Waals surface area contributed by atoms with Gasteiger partial charge in [0.25, 0.3) is 0 Å². The number of hydrogen-bond donors (Lipinski definition) is 0. The molecule has 1 aromatic heterocycles. The number of benzene rings is 1. The van der Waals surface area contributed by atoms with E-state index in [0.717, 1.165) is 28.3 Å². The van der Waals surface area contributed by atoms with Crippen LogP contribution in [0, 0.1) is 0 Å². The lowest BCUT2D eigenvalue weighted by Gasteiger charge is -2.20. The average molecular weight is 300 g/mol. The summed E-state index contributed by atoms with van der Waals surface area (Å²) in [6.45, 7) is 1.55. The molecule has 3 rings (SSSR count). The normalized spacial score (nSPS) is 17.7. The molecule has 2 aromatic rings. The molecule has 0 N–H and O–H groups in total. The predicted octanol–water partition coefficient (Wildman–Crippen LogP) is 3.45. The summed E-state index contributed by atoms with van der Waals surface area (Å²) >= 11 is 1.65. The van der Waals surface area contributed by atoms with Crippen molar-refractivity contribution >= 4 is 23.0 Å². The number of hydrogen-bond acceptors (Lipinski definition) is 4. The highest BCUT2D eigenvalue weighted by atomic mass is 32.1. The van der Waals surface area contributed by atoms with Gasteiger partial charge in [-0.25, -0.2) is 5.01 Å². The standard InChI is InChI=1S/C16H16N2O2S/c1-11(19)18-15(12-5-7-13(20-2)8-6-12)10-14(17-18)16-4-3-9-21-16/h3-9,15H,10H2,1-2H3. The number of methoxy groups -OCH3 is 1. The first-order chi connectivity index (χ1) is 10.2. The Morgan fingerprint density at radius 3 is 2.67 bits per heavy atom. The van der Waals surface area contributed by atoms with Gasteiger partial charge in [0.2, 0.25) is 5.91 Å². The zero-order valence-electron chi connectivity index (χ0n) is 11.9. The molecule has 4 nitrogen and oxygen atoms in total. The van der Waals surface area contributed by atoms with Crippen LogP contribution in [0.25, 0.3) is 0 Å². The molecule has 2 heterocycles. The fourth-order valence-electron chi connectivity index (χ4n) is 2.48. The van der Waals surface area contributed by atoms with Crippen LogP contribution in [0.5, 0.6) is 5.75 Å². The first-order valence-corrected chi connectivity index (χ1v) is 7.62. The number of rotatable bonds is 3. The smallest absolute Gasteiger partial charge is 0.240 e. The van der Waals surface area contributed by atoms with Gasteiger partial charge in [-0.2, -0.15) is 5.10 Å². The molecule has 21 heavy (non-hydrogen) atoms. The molecule has 1 aliphatic rings. The van der Waals surface area contributed by atoms with Gasteiger partial charge in [-0.05, 0) is 29.1 Å². The van der Waals surface area contributed by atoms with Crippen molar-refractivity contribution in [1.82, 2.24) is 5.01 Å². The van der Waals surface area contributed by atoms with E-state index < -0.39 is 0 Å². The Morgan fingerprint density at radius 1 is 1.33 bits per heavy atom. The minimum Gasteiger partial charge on any atom is -0.497 e. The van der Waals surface area contributed by atoms with E-state index in [1.165, 1.54) is 0 Å². The van der Waals surface area contributed by atoms with Crippen LogP contribution in [0.3, 0.4) is 0 Å². The second-order valence-electron chi connectivity index (χ2n) is 4.88. The van der Waals surface area contributed by atoms with Crippen molar-refractivity contribution in [2.45, 2.75) is 19.4 Å². The number of ether oxygens (including phenoxy) is 1. The molecule has 0 saturated heterocycles. The Hall–Kier alpha value is -2.14. The van der Waals surface area contributed by atoms with Crippen LogP contribution >= 0.6 is 11.3 Å². The molecule has 5 heteroatoms. The maximum Gasteiger partial charge on any atom is 0.240 e. The zero-order chi connectivity index (χ0) is 14.8. The van der Waals surface area contributed by atoms with Crippen molar-refractivity contribution in [1.29, 1.82) is 0 Å². The highest BCUT2D eigenvalue weighted by molar-refractivity contribution is 7.12. The molecule has 0 bridgehead atoms. The first kappa shape index (κ1) is 13.8. The van der Waals surface area contributed by atoms with E-state index in [2.05, 4.69) is 5.10 Å². The van der Waals surface area contributed by atoms with E-state index >= 15 is 0 Å². The Labute approximate surface area is 127 Å². The van der Waals surface area contributed by atoms with E-state index in [1.54, 1.807) is 30.4 Å². The molecule has 0 radical (unpaired) electrons. The van der Waals surface area contributed by atoms with Crippen LogP contribution in [-0.2, 0) is 4.79 Å². The maximum atomic E-state index is 11.9. The van der Waals surface area contributed by atoms with Gasteiger partial charge in [0.15, 0.2) is 0 Å². The third-order valence-electron chi connectivity index (χ3n) is 3.54. The summed E-state index contributed by atoms with van der Waals surface area (Å²) in [4.78, 5) is 13.0. The number of hydrazone groups is 1. The van der Waals surface area contributed by atoms with Crippen molar-refractivity contribution in [2.75, 3.05) is 7.11 Å². The molecule has 1 unspecified atom stereocenters. The van der Waals surface area contributed by atoms with Crippen LogP contribution in [-0.4, -0.2) is 23.7 Å². The minimum atomic E-state index is -0.0395. The van der Waals surface area contributed by atoms with Gasteiger partial charge < -0.3 is 4.74 Å². The molecular weight excluding hydrogens is 284 g/mol. The molecular formula is C16H16N2O2S. The molecule has 0 fully saturated rings. The van der Waals surface area contributed by atoms with Gasteiger partial charge in [-0.1, -0.05) is 18.2 Å². The summed E-state index contributed by atoms with van der Waals surface area (Å²) in [6, 6.07) is 11.8. The Balaban J connectivity index is 1.90. The highest BCUT2D eigenvalue weighted by Gasteiger charge is 2.31. The number of thiophene rings is 1. The lowest BCUT2D eigenvalue weighted by molar-refractivity contribution is -0.130. The van der Waals surface area contributed by atoms with E-state index in [1.807, 2.05) is 41.8 Å². The number of carbonyl (C=O) groups is 1. The van der Waals surface area contributed by atoms with Crippen molar-refractivity contribution in [2.24, 2.45) is 5.10 Å². The fourth-order valence-corrected chi connectivity index (χ4v) is 3.20. The Bertz CT molecular complexity index is 662. The molecule has 1 amide bonds. The van der Waals surface area contributed by atoms with Gasteiger partial charge in [0.1, 0.15) is 5.75 Å². The summed E-state index contributed by atoms with van der Waals surface area (Å²) in [5, 5.41) is 8.11. The first-order valence-electron chi connectivity index (χ1n) is 6.74. The van der Waals surface area contributed by atoms with Gasteiger partial charge >= 0.3 is 0 Å². The molecule has 1 aromatic carbocycles. The molecule has 0 aliphatic carbocycles. The summed E-state index contributed by atoms with van der Waals surface area (Å²) in [5.74, 6) is 0.771. The quantitative estimate of drug-likeness (QED) is 0.871.